The molecule has 0 aromatic heterocycles. The van der Waals surface area contributed by atoms with Crippen molar-refractivity contribution >= 4 is 15.8 Å². The van der Waals surface area contributed by atoms with Gasteiger partial charge in [0.1, 0.15) is 10.6 Å². The number of rotatable bonds is 6. The quantitative estimate of drug-likeness (QED) is 0.807. The van der Waals surface area contributed by atoms with Crippen molar-refractivity contribution in [2.24, 2.45) is 0 Å². The number of carbonyl (C=O) groups is 1. The van der Waals surface area contributed by atoms with Gasteiger partial charge in [-0.3, -0.25) is 4.79 Å². The molecule has 1 saturated carbocycles. The van der Waals surface area contributed by atoms with Crippen LogP contribution in [0.5, 0.6) is 5.75 Å². The fourth-order valence-corrected chi connectivity index (χ4v) is 3.25. The van der Waals surface area contributed by atoms with E-state index in [9.17, 15) is 13.2 Å². The minimum atomic E-state index is -3.63. The smallest absolute Gasteiger partial charge is 0.244 e. The summed E-state index contributed by atoms with van der Waals surface area (Å²) in [6.45, 7) is 1.74. The van der Waals surface area contributed by atoms with Gasteiger partial charge in [0.15, 0.2) is 5.78 Å². The number of ether oxygens (including phenoxy) is 1. The van der Waals surface area contributed by atoms with Crippen LogP contribution in [0.2, 0.25) is 0 Å². The molecular weight excluding hydrogens is 266 g/mol. The maximum atomic E-state index is 12.2. The van der Waals surface area contributed by atoms with E-state index >= 15 is 0 Å². The summed E-state index contributed by atoms with van der Waals surface area (Å²) in [7, 11) is -2.22. The van der Waals surface area contributed by atoms with E-state index in [2.05, 4.69) is 4.72 Å². The van der Waals surface area contributed by atoms with Gasteiger partial charge in [0, 0.05) is 18.0 Å². The summed E-state index contributed by atoms with van der Waals surface area (Å²) in [5, 5.41) is 0. The molecule has 19 heavy (non-hydrogen) atoms. The lowest BCUT2D eigenvalue weighted by Crippen LogP contribution is -2.26. The number of hydrogen-bond acceptors (Lipinski definition) is 4. The molecule has 2 rings (SSSR count). The minimum Gasteiger partial charge on any atom is -0.495 e. The minimum absolute atomic E-state index is 0.0141. The average Bonchev–Trinajstić information content (AvgIpc) is 3.20. The summed E-state index contributed by atoms with van der Waals surface area (Å²) >= 11 is 0. The second-order valence-corrected chi connectivity index (χ2v) is 6.22. The lowest BCUT2D eigenvalue weighted by molar-refractivity contribution is 0.0988. The third kappa shape index (κ3) is 3.13. The number of ketones is 1. The summed E-state index contributed by atoms with van der Waals surface area (Å²) in [5.41, 5.74) is 0.388. The molecule has 1 fully saturated rings. The maximum absolute atomic E-state index is 12.2. The molecule has 6 heteroatoms. The number of nitrogens with one attached hydrogen (secondary N) is 1. The summed E-state index contributed by atoms with van der Waals surface area (Å²) in [6.07, 6.45) is 2.05. The zero-order valence-electron chi connectivity index (χ0n) is 11.0. The molecule has 1 aromatic rings. The number of carbonyl (C=O) groups excluding carboxylic acids is 1. The molecule has 104 valence electrons. The standard InChI is InChI=1S/C13H17NO4S/c1-3-11(15)9-4-7-12(18-2)13(8-9)19(16,17)14-10-5-6-10/h4,7-8,10,14H,3,5-6H2,1-2H3. The second kappa shape index (κ2) is 5.30. The first-order chi connectivity index (χ1) is 8.97. The van der Waals surface area contributed by atoms with Crippen LogP contribution in [-0.2, 0) is 10.0 Å². The topological polar surface area (TPSA) is 72.5 Å². The van der Waals surface area contributed by atoms with E-state index in [1.54, 1.807) is 13.0 Å². The highest BCUT2D eigenvalue weighted by atomic mass is 32.2. The number of Topliss-reactive ketones (excluding diaryl/α,β-unsaturated/α-hetero) is 1. The van der Waals surface area contributed by atoms with E-state index in [1.807, 2.05) is 0 Å². The van der Waals surface area contributed by atoms with Gasteiger partial charge in [-0.25, -0.2) is 13.1 Å². The first-order valence-corrected chi connectivity index (χ1v) is 7.70. The van der Waals surface area contributed by atoms with E-state index in [4.69, 9.17) is 4.74 Å². The molecule has 1 N–H and O–H groups in total. The van der Waals surface area contributed by atoms with Crippen molar-refractivity contribution in [1.82, 2.24) is 4.72 Å². The predicted octanol–water partition coefficient (Wildman–Crippen LogP) is 1.73. The molecule has 0 spiro atoms. The highest BCUT2D eigenvalue weighted by Crippen LogP contribution is 2.28. The van der Waals surface area contributed by atoms with Crippen molar-refractivity contribution in [2.45, 2.75) is 37.1 Å². The molecule has 0 heterocycles. The largest absolute Gasteiger partial charge is 0.495 e. The molecule has 1 aromatic carbocycles. The molecule has 1 aliphatic carbocycles. The van der Waals surface area contributed by atoms with Gasteiger partial charge in [-0.2, -0.15) is 0 Å². The van der Waals surface area contributed by atoms with Crippen LogP contribution in [0, 0.1) is 0 Å². The summed E-state index contributed by atoms with van der Waals surface area (Å²) in [6, 6.07) is 4.50. The summed E-state index contributed by atoms with van der Waals surface area (Å²) < 4.78 is 32.1. The number of hydrogen-bond donors (Lipinski definition) is 1. The number of sulfonamides is 1. The zero-order chi connectivity index (χ0) is 14.0. The third-order valence-corrected chi connectivity index (χ3v) is 4.54. The van der Waals surface area contributed by atoms with Crippen LogP contribution >= 0.6 is 0 Å². The Morgan fingerprint density at radius 1 is 1.42 bits per heavy atom. The highest BCUT2D eigenvalue weighted by molar-refractivity contribution is 7.89. The fourth-order valence-electron chi connectivity index (χ4n) is 1.75. The van der Waals surface area contributed by atoms with Crippen LogP contribution in [0.3, 0.4) is 0 Å². The first kappa shape index (κ1) is 14.0. The molecule has 0 atom stereocenters. The fraction of sp³-hybridized carbons (Fsp3) is 0.462. The van der Waals surface area contributed by atoms with Gasteiger partial charge < -0.3 is 4.74 Å². The molecule has 0 unspecified atom stereocenters. The summed E-state index contributed by atoms with van der Waals surface area (Å²) in [4.78, 5) is 11.7. The van der Waals surface area contributed by atoms with Crippen molar-refractivity contribution < 1.29 is 17.9 Å². The van der Waals surface area contributed by atoms with Gasteiger partial charge in [-0.15, -0.1) is 0 Å². The van der Waals surface area contributed by atoms with Crippen LogP contribution in [0.15, 0.2) is 23.1 Å². The lowest BCUT2D eigenvalue weighted by atomic mass is 10.1. The van der Waals surface area contributed by atoms with Crippen LogP contribution in [0.25, 0.3) is 0 Å². The maximum Gasteiger partial charge on any atom is 0.244 e. The van der Waals surface area contributed by atoms with Gasteiger partial charge in [0.05, 0.1) is 7.11 Å². The Morgan fingerprint density at radius 3 is 2.63 bits per heavy atom. The van der Waals surface area contributed by atoms with E-state index in [0.29, 0.717) is 12.0 Å². The van der Waals surface area contributed by atoms with Crippen molar-refractivity contribution in [1.29, 1.82) is 0 Å². The van der Waals surface area contributed by atoms with Crippen LogP contribution in [0.1, 0.15) is 36.5 Å². The molecule has 0 radical (unpaired) electrons. The van der Waals surface area contributed by atoms with Crippen LogP contribution in [-0.4, -0.2) is 27.4 Å². The summed E-state index contributed by atoms with van der Waals surface area (Å²) in [5.74, 6) is 0.159. The van der Waals surface area contributed by atoms with Gasteiger partial charge in [0.2, 0.25) is 10.0 Å². The SMILES string of the molecule is CCC(=O)c1ccc(OC)c(S(=O)(=O)NC2CC2)c1. The Balaban J connectivity index is 2.43. The molecular formula is C13H17NO4S. The molecule has 0 aliphatic heterocycles. The zero-order valence-corrected chi connectivity index (χ0v) is 11.8. The van der Waals surface area contributed by atoms with Crippen molar-refractivity contribution in [2.75, 3.05) is 7.11 Å². The highest BCUT2D eigenvalue weighted by Gasteiger charge is 2.30. The van der Waals surface area contributed by atoms with Crippen molar-refractivity contribution in [3.63, 3.8) is 0 Å². The van der Waals surface area contributed by atoms with Crippen LogP contribution in [0.4, 0.5) is 0 Å². The normalized spacial score (nSPS) is 15.3. The Labute approximate surface area is 113 Å². The Morgan fingerprint density at radius 2 is 2.11 bits per heavy atom. The monoisotopic (exact) mass is 283 g/mol. The second-order valence-electron chi connectivity index (χ2n) is 4.54. The molecule has 0 saturated heterocycles. The predicted molar refractivity (Wildman–Crippen MR) is 71.0 cm³/mol. The average molecular weight is 283 g/mol. The number of methoxy groups -OCH3 is 1. The van der Waals surface area contributed by atoms with Gasteiger partial charge >= 0.3 is 0 Å². The van der Waals surface area contributed by atoms with E-state index in [0.717, 1.165) is 12.8 Å². The van der Waals surface area contributed by atoms with Crippen LogP contribution < -0.4 is 9.46 Å². The Bertz CT molecular complexity index is 591. The molecule has 0 bridgehead atoms. The van der Waals surface area contributed by atoms with Crippen molar-refractivity contribution in [3.05, 3.63) is 23.8 Å². The van der Waals surface area contributed by atoms with E-state index in [1.165, 1.54) is 19.2 Å². The van der Waals surface area contributed by atoms with Gasteiger partial charge in [-0.1, -0.05) is 6.92 Å². The van der Waals surface area contributed by atoms with Gasteiger partial charge in [0.25, 0.3) is 0 Å². The van der Waals surface area contributed by atoms with E-state index in [-0.39, 0.29) is 22.5 Å². The lowest BCUT2D eigenvalue weighted by Gasteiger charge is -2.11. The molecule has 1 aliphatic rings. The molecule has 5 nitrogen and oxygen atoms in total. The Hall–Kier alpha value is -1.40. The number of benzene rings is 1. The van der Waals surface area contributed by atoms with E-state index < -0.39 is 10.0 Å². The first-order valence-electron chi connectivity index (χ1n) is 6.21. The third-order valence-electron chi connectivity index (χ3n) is 3.00. The molecule has 0 amide bonds. The van der Waals surface area contributed by atoms with Gasteiger partial charge in [-0.05, 0) is 31.0 Å². The Kier molecular flexibility index (Phi) is 3.91. The van der Waals surface area contributed by atoms with Crippen molar-refractivity contribution in [3.8, 4) is 5.75 Å².